The van der Waals surface area contributed by atoms with Gasteiger partial charge < -0.3 is 9.64 Å². The average Bonchev–Trinajstić information content (AvgIpc) is 2.01. The van der Waals surface area contributed by atoms with Crippen LogP contribution in [0.2, 0.25) is 0 Å². The van der Waals surface area contributed by atoms with Gasteiger partial charge in [0.2, 0.25) is 0 Å². The number of rotatable bonds is 0. The standard InChI is InChI=1S/C8H11NO3/c1-9-3-5-2-6(4-9)8(11)12-7(5)10/h5-6H,2-4H2,1H3/t5-,6+. The van der Waals surface area contributed by atoms with E-state index in [9.17, 15) is 9.59 Å². The Morgan fingerprint density at radius 2 is 1.75 bits per heavy atom. The average molecular weight is 169 g/mol. The maximum atomic E-state index is 11.1. The van der Waals surface area contributed by atoms with E-state index in [4.69, 9.17) is 0 Å². The van der Waals surface area contributed by atoms with E-state index in [2.05, 4.69) is 4.74 Å². The van der Waals surface area contributed by atoms with Gasteiger partial charge in [0.1, 0.15) is 0 Å². The number of ether oxygens (including phenoxy) is 1. The molecular weight excluding hydrogens is 158 g/mol. The van der Waals surface area contributed by atoms with Crippen LogP contribution in [0, 0.1) is 11.8 Å². The molecule has 2 rings (SSSR count). The molecule has 0 unspecified atom stereocenters. The lowest BCUT2D eigenvalue weighted by Crippen LogP contribution is -2.49. The van der Waals surface area contributed by atoms with E-state index in [1.807, 2.05) is 11.9 Å². The Morgan fingerprint density at radius 1 is 1.25 bits per heavy atom. The Labute approximate surface area is 70.5 Å². The van der Waals surface area contributed by atoms with E-state index in [1.54, 1.807) is 0 Å². The summed E-state index contributed by atoms with van der Waals surface area (Å²) in [6.45, 7) is 1.45. The van der Waals surface area contributed by atoms with Crippen molar-refractivity contribution in [1.29, 1.82) is 0 Å². The zero-order chi connectivity index (χ0) is 8.72. The first-order chi connectivity index (χ1) is 5.66. The van der Waals surface area contributed by atoms with Gasteiger partial charge in [0, 0.05) is 13.1 Å². The number of likely N-dealkylation sites (tertiary alicyclic amines) is 1. The van der Waals surface area contributed by atoms with E-state index in [0.29, 0.717) is 6.42 Å². The Kier molecular flexibility index (Phi) is 1.65. The molecule has 2 heterocycles. The number of hydrogen-bond acceptors (Lipinski definition) is 4. The minimum absolute atomic E-state index is 0.0774. The predicted molar refractivity (Wildman–Crippen MR) is 40.2 cm³/mol. The molecule has 0 aromatic carbocycles. The van der Waals surface area contributed by atoms with Gasteiger partial charge in [-0.15, -0.1) is 0 Å². The molecule has 2 atom stereocenters. The number of carbonyl (C=O) groups is 2. The normalized spacial score (nSPS) is 36.4. The van der Waals surface area contributed by atoms with Gasteiger partial charge in [-0.1, -0.05) is 0 Å². The summed E-state index contributed by atoms with van der Waals surface area (Å²) in [5.74, 6) is -0.844. The van der Waals surface area contributed by atoms with E-state index in [-0.39, 0.29) is 23.8 Å². The van der Waals surface area contributed by atoms with Crippen LogP contribution in [0.25, 0.3) is 0 Å². The van der Waals surface area contributed by atoms with Gasteiger partial charge in [0.15, 0.2) is 0 Å². The lowest BCUT2D eigenvalue weighted by Gasteiger charge is -2.36. The van der Waals surface area contributed by atoms with Gasteiger partial charge in [-0.25, -0.2) is 0 Å². The summed E-state index contributed by atoms with van der Waals surface area (Å²) >= 11 is 0. The van der Waals surface area contributed by atoms with Crippen LogP contribution in [0.4, 0.5) is 0 Å². The molecule has 66 valence electrons. The maximum absolute atomic E-state index is 11.1. The quantitative estimate of drug-likeness (QED) is 0.367. The molecule has 0 aromatic rings. The number of carbonyl (C=O) groups excluding carboxylic acids is 2. The number of nitrogens with zero attached hydrogens (tertiary/aromatic N) is 1. The van der Waals surface area contributed by atoms with Crippen molar-refractivity contribution in [2.45, 2.75) is 6.42 Å². The molecule has 0 radical (unpaired) electrons. The molecular formula is C8H11NO3. The summed E-state index contributed by atoms with van der Waals surface area (Å²) < 4.78 is 4.60. The molecule has 4 heteroatoms. The van der Waals surface area contributed by atoms with Gasteiger partial charge in [-0.3, -0.25) is 9.59 Å². The molecule has 2 saturated heterocycles. The van der Waals surface area contributed by atoms with Gasteiger partial charge in [-0.2, -0.15) is 0 Å². The zero-order valence-electron chi connectivity index (χ0n) is 6.95. The largest absolute Gasteiger partial charge is 0.393 e. The zero-order valence-corrected chi connectivity index (χ0v) is 6.95. The second-order valence-corrected chi connectivity index (χ2v) is 3.59. The Balaban J connectivity index is 2.18. The SMILES string of the molecule is CN1C[C@H]2C[C@@H](C1)C(=O)OC2=O. The van der Waals surface area contributed by atoms with Crippen molar-refractivity contribution in [3.63, 3.8) is 0 Å². The van der Waals surface area contributed by atoms with E-state index >= 15 is 0 Å². The molecule has 2 fully saturated rings. The summed E-state index contributed by atoms with van der Waals surface area (Å²) in [7, 11) is 1.92. The third kappa shape index (κ3) is 1.12. The predicted octanol–water partition coefficient (Wildman–Crippen LogP) is -0.362. The summed E-state index contributed by atoms with van der Waals surface area (Å²) in [4.78, 5) is 24.2. The van der Waals surface area contributed by atoms with Crippen LogP contribution in [0.15, 0.2) is 0 Å². The highest BCUT2D eigenvalue weighted by atomic mass is 16.6. The van der Waals surface area contributed by atoms with Gasteiger partial charge in [0.05, 0.1) is 11.8 Å². The second kappa shape index (κ2) is 2.55. The van der Waals surface area contributed by atoms with Crippen molar-refractivity contribution < 1.29 is 14.3 Å². The summed E-state index contributed by atoms with van der Waals surface area (Å²) in [6, 6.07) is 0. The lowest BCUT2D eigenvalue weighted by molar-refractivity contribution is -0.176. The Bertz CT molecular complexity index is 216. The molecule has 2 aliphatic rings. The molecule has 0 aliphatic carbocycles. The monoisotopic (exact) mass is 169 g/mol. The molecule has 0 amide bonds. The summed E-state index contributed by atoms with van der Waals surface area (Å²) in [6.07, 6.45) is 0.683. The molecule has 0 aromatic heterocycles. The summed E-state index contributed by atoms with van der Waals surface area (Å²) in [5.41, 5.74) is 0. The first kappa shape index (κ1) is 7.73. The third-order valence-electron chi connectivity index (χ3n) is 2.50. The highest BCUT2D eigenvalue weighted by Crippen LogP contribution is 2.27. The van der Waals surface area contributed by atoms with E-state index in [0.717, 1.165) is 13.1 Å². The van der Waals surface area contributed by atoms with Crippen LogP contribution in [0.3, 0.4) is 0 Å². The van der Waals surface area contributed by atoms with Crippen LogP contribution in [0.5, 0.6) is 0 Å². The fraction of sp³-hybridized carbons (Fsp3) is 0.750. The number of esters is 2. The lowest BCUT2D eigenvalue weighted by atomic mass is 9.87. The van der Waals surface area contributed by atoms with Crippen LogP contribution in [-0.4, -0.2) is 37.0 Å². The fourth-order valence-corrected chi connectivity index (χ4v) is 1.93. The van der Waals surface area contributed by atoms with E-state index in [1.165, 1.54) is 0 Å². The molecule has 0 saturated carbocycles. The third-order valence-corrected chi connectivity index (χ3v) is 2.50. The van der Waals surface area contributed by atoms with Crippen LogP contribution >= 0.6 is 0 Å². The number of piperidine rings is 1. The summed E-state index contributed by atoms with van der Waals surface area (Å²) in [5, 5.41) is 0. The number of cyclic esters (lactones) is 2. The van der Waals surface area contributed by atoms with Gasteiger partial charge in [-0.05, 0) is 13.5 Å². The smallest absolute Gasteiger partial charge is 0.317 e. The molecule has 12 heavy (non-hydrogen) atoms. The van der Waals surface area contributed by atoms with Crippen molar-refractivity contribution in [2.75, 3.05) is 20.1 Å². The Hall–Kier alpha value is -0.900. The minimum Gasteiger partial charge on any atom is -0.393 e. The van der Waals surface area contributed by atoms with Crippen molar-refractivity contribution in [2.24, 2.45) is 11.8 Å². The van der Waals surface area contributed by atoms with Crippen molar-refractivity contribution in [3.8, 4) is 0 Å². The molecule has 0 spiro atoms. The van der Waals surface area contributed by atoms with E-state index < -0.39 is 0 Å². The molecule has 2 bridgehead atoms. The van der Waals surface area contributed by atoms with Crippen LogP contribution in [-0.2, 0) is 14.3 Å². The number of hydrogen-bond donors (Lipinski definition) is 0. The van der Waals surface area contributed by atoms with Gasteiger partial charge in [0.25, 0.3) is 0 Å². The molecule has 0 N–H and O–H groups in total. The molecule has 4 nitrogen and oxygen atoms in total. The first-order valence-electron chi connectivity index (χ1n) is 4.11. The van der Waals surface area contributed by atoms with Crippen molar-refractivity contribution in [1.82, 2.24) is 4.90 Å². The topological polar surface area (TPSA) is 46.6 Å². The maximum Gasteiger partial charge on any atom is 0.317 e. The first-order valence-corrected chi connectivity index (χ1v) is 4.11. The van der Waals surface area contributed by atoms with Gasteiger partial charge >= 0.3 is 11.9 Å². The van der Waals surface area contributed by atoms with Crippen LogP contribution in [0.1, 0.15) is 6.42 Å². The number of fused-ring (bicyclic) bond motifs is 2. The van der Waals surface area contributed by atoms with Crippen LogP contribution < -0.4 is 0 Å². The highest BCUT2D eigenvalue weighted by molar-refractivity contribution is 5.91. The Morgan fingerprint density at radius 3 is 2.25 bits per heavy atom. The van der Waals surface area contributed by atoms with Crippen molar-refractivity contribution in [3.05, 3.63) is 0 Å². The highest BCUT2D eigenvalue weighted by Gasteiger charge is 2.41. The fourth-order valence-electron chi connectivity index (χ4n) is 1.93. The second-order valence-electron chi connectivity index (χ2n) is 3.59. The molecule has 2 aliphatic heterocycles. The minimum atomic E-state index is -0.345. The van der Waals surface area contributed by atoms with Crippen molar-refractivity contribution >= 4 is 11.9 Å².